The fourth-order valence-electron chi connectivity index (χ4n) is 3.03. The van der Waals surface area contributed by atoms with Gasteiger partial charge in [0.25, 0.3) is 0 Å². The molecule has 3 aromatic rings. The van der Waals surface area contributed by atoms with Crippen molar-refractivity contribution >= 4 is 15.7 Å². The average molecular weight is 461 g/mol. The second-order valence-corrected chi connectivity index (χ2v) is 9.00. The van der Waals surface area contributed by atoms with Gasteiger partial charge in [-0.3, -0.25) is 4.72 Å². The van der Waals surface area contributed by atoms with Gasteiger partial charge in [-0.2, -0.15) is 0 Å². The number of anilines is 1. The van der Waals surface area contributed by atoms with E-state index in [4.69, 9.17) is 4.74 Å². The number of aliphatic hydroxyl groups is 1. The number of aliphatic hydroxyl groups excluding tert-OH is 1. The molecule has 0 spiro atoms. The average Bonchev–Trinajstić information content (AvgIpc) is 2.75. The molecule has 170 valence electrons. The molecule has 3 rings (SSSR count). The van der Waals surface area contributed by atoms with E-state index < -0.39 is 16.1 Å². The van der Waals surface area contributed by atoms with Crippen molar-refractivity contribution in [2.75, 3.05) is 30.7 Å². The Morgan fingerprint density at radius 1 is 1.00 bits per heavy atom. The molecule has 0 unspecified atom stereocenters. The lowest BCUT2D eigenvalue weighted by atomic mass is 10.1. The number of nitrogens with one attached hydrogen (secondary N) is 2. The molecular weight excluding hydrogens is 435 g/mol. The predicted molar refractivity (Wildman–Crippen MR) is 122 cm³/mol. The van der Waals surface area contributed by atoms with Crippen LogP contribution in [0.5, 0.6) is 11.5 Å². The van der Waals surface area contributed by atoms with Crippen LogP contribution in [0.2, 0.25) is 0 Å². The molecular formula is C23H25FN2O5S. The van der Waals surface area contributed by atoms with Crippen molar-refractivity contribution in [3.8, 4) is 22.6 Å². The Kier molecular flexibility index (Phi) is 7.68. The molecule has 1 atom stereocenters. The number of rotatable bonds is 10. The van der Waals surface area contributed by atoms with Gasteiger partial charge < -0.3 is 20.3 Å². The van der Waals surface area contributed by atoms with Crippen LogP contribution in [0, 0.1) is 5.82 Å². The van der Waals surface area contributed by atoms with Crippen LogP contribution in [-0.4, -0.2) is 44.6 Å². The number of hydrogen-bond donors (Lipinski definition) is 4. The predicted octanol–water partition coefficient (Wildman–Crippen LogP) is 3.27. The first kappa shape index (κ1) is 23.5. The Hall–Kier alpha value is -3.14. The summed E-state index contributed by atoms with van der Waals surface area (Å²) < 4.78 is 43.7. The van der Waals surface area contributed by atoms with Gasteiger partial charge >= 0.3 is 0 Å². The summed E-state index contributed by atoms with van der Waals surface area (Å²) in [5.74, 6) is 0.189. The van der Waals surface area contributed by atoms with Crippen molar-refractivity contribution in [1.29, 1.82) is 0 Å². The lowest BCUT2D eigenvalue weighted by molar-refractivity contribution is 0.172. The van der Waals surface area contributed by atoms with Gasteiger partial charge in [-0.25, -0.2) is 12.8 Å². The second-order valence-electron chi connectivity index (χ2n) is 7.25. The highest BCUT2D eigenvalue weighted by atomic mass is 32.2. The first-order valence-corrected chi connectivity index (χ1v) is 11.8. The molecule has 0 radical (unpaired) electrons. The minimum Gasteiger partial charge on any atom is -0.506 e. The van der Waals surface area contributed by atoms with Crippen LogP contribution in [-0.2, 0) is 10.0 Å². The number of hydrogen-bond acceptors (Lipinski definition) is 6. The van der Waals surface area contributed by atoms with Crippen LogP contribution in [0.1, 0.15) is 11.7 Å². The minimum atomic E-state index is -3.55. The second kappa shape index (κ2) is 10.4. The zero-order valence-corrected chi connectivity index (χ0v) is 18.3. The Bertz CT molecular complexity index is 1140. The minimum absolute atomic E-state index is 0.0106. The fourth-order valence-corrected chi connectivity index (χ4v) is 3.59. The summed E-state index contributed by atoms with van der Waals surface area (Å²) in [4.78, 5) is 0. The number of phenols is 1. The van der Waals surface area contributed by atoms with Crippen LogP contribution < -0.4 is 14.8 Å². The number of benzene rings is 3. The summed E-state index contributed by atoms with van der Waals surface area (Å²) in [7, 11) is -3.55. The molecule has 3 aromatic carbocycles. The highest BCUT2D eigenvalue weighted by Crippen LogP contribution is 2.27. The SMILES string of the molecule is CS(=O)(=O)Nc1cc([C@@H](O)CNCCOc2ccc(-c3ccc(F)cc3)cc2)ccc1O. The summed E-state index contributed by atoms with van der Waals surface area (Å²) in [5, 5.41) is 23.2. The van der Waals surface area contributed by atoms with Gasteiger partial charge in [0, 0.05) is 13.1 Å². The van der Waals surface area contributed by atoms with Crippen molar-refractivity contribution < 1.29 is 27.8 Å². The Labute approximate surface area is 186 Å². The lowest BCUT2D eigenvalue weighted by Crippen LogP contribution is -2.26. The Balaban J connectivity index is 1.44. The van der Waals surface area contributed by atoms with Gasteiger partial charge in [-0.15, -0.1) is 0 Å². The number of ether oxygens (including phenoxy) is 1. The molecule has 7 nitrogen and oxygen atoms in total. The monoisotopic (exact) mass is 460 g/mol. The van der Waals surface area contributed by atoms with E-state index in [-0.39, 0.29) is 23.8 Å². The molecule has 0 aliphatic heterocycles. The van der Waals surface area contributed by atoms with Crippen molar-refractivity contribution in [2.24, 2.45) is 0 Å². The first-order valence-electron chi connectivity index (χ1n) is 9.89. The lowest BCUT2D eigenvalue weighted by Gasteiger charge is -2.15. The van der Waals surface area contributed by atoms with Crippen LogP contribution in [0.25, 0.3) is 11.1 Å². The topological polar surface area (TPSA) is 108 Å². The maximum atomic E-state index is 13.0. The van der Waals surface area contributed by atoms with E-state index in [9.17, 15) is 23.0 Å². The highest BCUT2D eigenvalue weighted by Gasteiger charge is 2.12. The number of phenolic OH excluding ortho intramolecular Hbond substituents is 1. The zero-order chi connectivity index (χ0) is 23.1. The van der Waals surface area contributed by atoms with E-state index in [0.29, 0.717) is 24.5 Å². The smallest absolute Gasteiger partial charge is 0.229 e. The van der Waals surface area contributed by atoms with Crippen LogP contribution >= 0.6 is 0 Å². The van der Waals surface area contributed by atoms with Gasteiger partial charge in [-0.05, 0) is 53.1 Å². The third kappa shape index (κ3) is 6.94. The van der Waals surface area contributed by atoms with E-state index in [1.54, 1.807) is 12.1 Å². The molecule has 0 heterocycles. The molecule has 0 aromatic heterocycles. The fraction of sp³-hybridized carbons (Fsp3) is 0.217. The van der Waals surface area contributed by atoms with Crippen molar-refractivity contribution in [1.82, 2.24) is 5.32 Å². The quantitative estimate of drug-likeness (QED) is 0.273. The largest absolute Gasteiger partial charge is 0.506 e. The van der Waals surface area contributed by atoms with E-state index in [2.05, 4.69) is 10.0 Å². The van der Waals surface area contributed by atoms with Gasteiger partial charge in [0.1, 0.15) is 23.9 Å². The van der Waals surface area contributed by atoms with Crippen molar-refractivity contribution in [3.05, 3.63) is 78.1 Å². The number of halogens is 1. The summed E-state index contributed by atoms with van der Waals surface area (Å²) in [5.41, 5.74) is 2.34. The van der Waals surface area contributed by atoms with E-state index in [1.165, 1.54) is 30.3 Å². The molecule has 0 bridgehead atoms. The highest BCUT2D eigenvalue weighted by molar-refractivity contribution is 7.92. The molecule has 0 aliphatic carbocycles. The van der Waals surface area contributed by atoms with E-state index in [1.807, 2.05) is 24.3 Å². The van der Waals surface area contributed by atoms with E-state index >= 15 is 0 Å². The molecule has 0 fully saturated rings. The molecule has 9 heteroatoms. The van der Waals surface area contributed by atoms with Gasteiger partial charge in [0.15, 0.2) is 0 Å². The molecule has 0 amide bonds. The van der Waals surface area contributed by atoms with Crippen molar-refractivity contribution in [3.63, 3.8) is 0 Å². The molecule has 0 aliphatic rings. The Morgan fingerprint density at radius 2 is 1.62 bits per heavy atom. The molecule has 0 saturated carbocycles. The van der Waals surface area contributed by atoms with Gasteiger partial charge in [-0.1, -0.05) is 30.3 Å². The third-order valence-corrected chi connectivity index (χ3v) is 5.21. The summed E-state index contributed by atoms with van der Waals surface area (Å²) in [6.07, 6.45) is 0.0821. The summed E-state index contributed by atoms with van der Waals surface area (Å²) >= 11 is 0. The van der Waals surface area contributed by atoms with Crippen LogP contribution in [0.3, 0.4) is 0 Å². The summed E-state index contributed by atoms with van der Waals surface area (Å²) in [6, 6.07) is 18.0. The number of sulfonamides is 1. The first-order chi connectivity index (χ1) is 15.2. The maximum Gasteiger partial charge on any atom is 0.229 e. The zero-order valence-electron chi connectivity index (χ0n) is 17.5. The van der Waals surface area contributed by atoms with Crippen molar-refractivity contribution in [2.45, 2.75) is 6.10 Å². The normalized spacial score (nSPS) is 12.3. The van der Waals surface area contributed by atoms with E-state index in [0.717, 1.165) is 17.4 Å². The standard InChI is InChI=1S/C23H25FN2O5S/c1-32(29,30)26-21-14-18(6-11-22(21)27)23(28)15-25-12-13-31-20-9-4-17(5-10-20)16-2-7-19(24)8-3-16/h2-11,14,23,25-28H,12-13,15H2,1H3/t23-/m0/s1. The molecule has 4 N–H and O–H groups in total. The van der Waals surface area contributed by atoms with Crippen LogP contribution in [0.15, 0.2) is 66.7 Å². The van der Waals surface area contributed by atoms with Gasteiger partial charge in [0.2, 0.25) is 10.0 Å². The molecule has 0 saturated heterocycles. The Morgan fingerprint density at radius 3 is 2.25 bits per heavy atom. The van der Waals surface area contributed by atoms with Crippen LogP contribution in [0.4, 0.5) is 10.1 Å². The third-order valence-electron chi connectivity index (χ3n) is 4.62. The molecule has 32 heavy (non-hydrogen) atoms. The van der Waals surface area contributed by atoms with Gasteiger partial charge in [0.05, 0.1) is 18.0 Å². The maximum absolute atomic E-state index is 13.0. The summed E-state index contributed by atoms with van der Waals surface area (Å²) in [6.45, 7) is 1.07. The number of aromatic hydroxyl groups is 1.